The summed E-state index contributed by atoms with van der Waals surface area (Å²) in [5.41, 5.74) is 1.98. The molecule has 0 aromatic heterocycles. The second-order valence-electron chi connectivity index (χ2n) is 4.82. The van der Waals surface area contributed by atoms with E-state index in [1.807, 2.05) is 24.3 Å². The summed E-state index contributed by atoms with van der Waals surface area (Å²) >= 11 is 3.37. The summed E-state index contributed by atoms with van der Waals surface area (Å²) in [6.07, 6.45) is -3.72. The van der Waals surface area contributed by atoms with Crippen LogP contribution in [0.15, 0.2) is 46.9 Å². The van der Waals surface area contributed by atoms with Crippen molar-refractivity contribution in [3.05, 3.63) is 63.6 Å². The third-order valence-electron chi connectivity index (χ3n) is 3.46. The monoisotopic (exact) mass is 341 g/mol. The molecule has 1 atom stereocenters. The molecule has 3 rings (SSSR count). The summed E-state index contributed by atoms with van der Waals surface area (Å²) < 4.78 is 39.1. The van der Waals surface area contributed by atoms with E-state index in [1.54, 1.807) is 0 Å². The Morgan fingerprint density at radius 1 is 1.05 bits per heavy atom. The van der Waals surface area contributed by atoms with Crippen molar-refractivity contribution >= 4 is 21.6 Å². The van der Waals surface area contributed by atoms with Gasteiger partial charge in [0.25, 0.3) is 0 Å². The third-order valence-corrected chi connectivity index (χ3v) is 3.99. The number of fused-ring (bicyclic) bond motifs is 1. The summed E-state index contributed by atoms with van der Waals surface area (Å²) in [5.74, 6) is 0. The lowest BCUT2D eigenvalue weighted by molar-refractivity contribution is -0.137. The van der Waals surface area contributed by atoms with Gasteiger partial charge in [-0.1, -0.05) is 28.1 Å². The predicted molar refractivity (Wildman–Crippen MR) is 75.7 cm³/mol. The molecule has 1 aliphatic heterocycles. The minimum Gasteiger partial charge on any atom is -0.378 e. The average molecular weight is 342 g/mol. The number of nitrogens with one attached hydrogen (secondary N) is 1. The molecule has 104 valence electrons. The molecule has 1 unspecified atom stereocenters. The van der Waals surface area contributed by atoms with Crippen LogP contribution in [0.1, 0.15) is 22.7 Å². The first-order chi connectivity index (χ1) is 9.43. The van der Waals surface area contributed by atoms with Crippen molar-refractivity contribution in [3.8, 4) is 0 Å². The zero-order valence-electron chi connectivity index (χ0n) is 10.3. The number of hydrogen-bond donors (Lipinski definition) is 1. The van der Waals surface area contributed by atoms with Gasteiger partial charge in [-0.3, -0.25) is 0 Å². The molecule has 20 heavy (non-hydrogen) atoms. The van der Waals surface area contributed by atoms with E-state index in [4.69, 9.17) is 0 Å². The zero-order chi connectivity index (χ0) is 14.3. The second-order valence-corrected chi connectivity index (χ2v) is 5.74. The van der Waals surface area contributed by atoms with Gasteiger partial charge in [-0.15, -0.1) is 0 Å². The minimum absolute atomic E-state index is 0.0292. The Morgan fingerprint density at radius 3 is 2.40 bits per heavy atom. The van der Waals surface area contributed by atoms with Crippen LogP contribution in [0, 0.1) is 0 Å². The highest BCUT2D eigenvalue weighted by atomic mass is 79.9. The fourth-order valence-electron chi connectivity index (χ4n) is 2.43. The van der Waals surface area contributed by atoms with Gasteiger partial charge in [0.1, 0.15) is 0 Å². The summed E-state index contributed by atoms with van der Waals surface area (Å²) in [7, 11) is 0. The highest BCUT2D eigenvalue weighted by Gasteiger charge is 2.32. The fourth-order valence-corrected chi connectivity index (χ4v) is 2.70. The number of rotatable bonds is 1. The van der Waals surface area contributed by atoms with E-state index < -0.39 is 11.7 Å². The van der Waals surface area contributed by atoms with Gasteiger partial charge in [0.05, 0.1) is 11.6 Å². The van der Waals surface area contributed by atoms with Crippen LogP contribution in [0.3, 0.4) is 0 Å². The molecule has 0 spiro atoms. The fraction of sp³-hybridized carbons (Fsp3) is 0.200. The molecule has 5 heteroatoms. The lowest BCUT2D eigenvalue weighted by Gasteiger charge is -2.11. The van der Waals surface area contributed by atoms with Crippen LogP contribution >= 0.6 is 15.9 Å². The van der Waals surface area contributed by atoms with Crippen LogP contribution in [0.2, 0.25) is 0 Å². The summed E-state index contributed by atoms with van der Waals surface area (Å²) in [4.78, 5) is 0. The largest absolute Gasteiger partial charge is 0.416 e. The van der Waals surface area contributed by atoms with Crippen LogP contribution in [0.5, 0.6) is 0 Å². The van der Waals surface area contributed by atoms with Gasteiger partial charge in [-0.25, -0.2) is 0 Å². The SMILES string of the molecule is FC(F)(F)c1ccc2c(c1)CC(c1ccc(Br)cc1)N2. The summed E-state index contributed by atoms with van der Waals surface area (Å²) in [6.45, 7) is 0. The van der Waals surface area contributed by atoms with Gasteiger partial charge in [-0.2, -0.15) is 13.2 Å². The van der Waals surface area contributed by atoms with E-state index in [0.29, 0.717) is 12.0 Å². The molecule has 1 N–H and O–H groups in total. The Kier molecular flexibility index (Phi) is 3.24. The first-order valence-electron chi connectivity index (χ1n) is 6.15. The molecule has 1 aliphatic rings. The molecule has 0 bridgehead atoms. The zero-order valence-corrected chi connectivity index (χ0v) is 11.9. The van der Waals surface area contributed by atoms with Crippen molar-refractivity contribution in [2.75, 3.05) is 5.32 Å². The van der Waals surface area contributed by atoms with Crippen molar-refractivity contribution in [2.45, 2.75) is 18.6 Å². The van der Waals surface area contributed by atoms with Gasteiger partial charge in [0.15, 0.2) is 0 Å². The number of anilines is 1. The van der Waals surface area contributed by atoms with Crippen LogP contribution in [-0.4, -0.2) is 0 Å². The van der Waals surface area contributed by atoms with Gasteiger partial charge in [0.2, 0.25) is 0 Å². The Hall–Kier alpha value is -1.49. The molecular weight excluding hydrogens is 331 g/mol. The maximum absolute atomic E-state index is 12.7. The van der Waals surface area contributed by atoms with Crippen LogP contribution in [-0.2, 0) is 12.6 Å². The standard InChI is InChI=1S/C15H11BrF3N/c16-12-4-1-9(2-5-12)14-8-10-7-11(15(17,18)19)3-6-13(10)20-14/h1-7,14,20H,8H2. The highest BCUT2D eigenvalue weighted by Crippen LogP contribution is 2.38. The Bertz CT molecular complexity index is 635. The van der Waals surface area contributed by atoms with Crippen LogP contribution in [0.4, 0.5) is 18.9 Å². The number of alkyl halides is 3. The Labute approximate surface area is 122 Å². The van der Waals surface area contributed by atoms with Gasteiger partial charge >= 0.3 is 6.18 Å². The minimum atomic E-state index is -4.29. The summed E-state index contributed by atoms with van der Waals surface area (Å²) in [6, 6.07) is 11.7. The third kappa shape index (κ3) is 2.54. The number of halogens is 4. The van der Waals surface area contributed by atoms with E-state index >= 15 is 0 Å². The van der Waals surface area contributed by atoms with E-state index in [-0.39, 0.29) is 6.04 Å². The van der Waals surface area contributed by atoms with Crippen molar-refractivity contribution < 1.29 is 13.2 Å². The lowest BCUT2D eigenvalue weighted by Crippen LogP contribution is -2.05. The molecule has 1 nitrogen and oxygen atoms in total. The van der Waals surface area contributed by atoms with Crippen molar-refractivity contribution in [2.24, 2.45) is 0 Å². The predicted octanol–water partition coefficient (Wildman–Crippen LogP) is 5.18. The van der Waals surface area contributed by atoms with E-state index in [2.05, 4.69) is 21.2 Å². The average Bonchev–Trinajstić information content (AvgIpc) is 2.81. The van der Waals surface area contributed by atoms with Crippen molar-refractivity contribution in [3.63, 3.8) is 0 Å². The van der Waals surface area contributed by atoms with Crippen molar-refractivity contribution in [1.82, 2.24) is 0 Å². The molecule has 0 radical (unpaired) electrons. The second kappa shape index (κ2) is 4.81. The normalized spacial score (nSPS) is 17.7. The topological polar surface area (TPSA) is 12.0 Å². The first kappa shape index (κ1) is 13.5. The smallest absolute Gasteiger partial charge is 0.378 e. The molecule has 1 heterocycles. The molecule has 2 aromatic carbocycles. The summed E-state index contributed by atoms with van der Waals surface area (Å²) in [5, 5.41) is 3.27. The van der Waals surface area contributed by atoms with Crippen molar-refractivity contribution in [1.29, 1.82) is 0 Å². The molecule has 0 saturated heterocycles. The maximum Gasteiger partial charge on any atom is 0.416 e. The van der Waals surface area contributed by atoms with Gasteiger partial charge < -0.3 is 5.32 Å². The molecule has 2 aromatic rings. The van der Waals surface area contributed by atoms with Crippen LogP contribution < -0.4 is 5.32 Å². The lowest BCUT2D eigenvalue weighted by atomic mass is 10.0. The molecule has 0 amide bonds. The molecule has 0 saturated carbocycles. The van der Waals surface area contributed by atoms with E-state index in [9.17, 15) is 13.2 Å². The Morgan fingerprint density at radius 2 is 1.75 bits per heavy atom. The van der Waals surface area contributed by atoms with Gasteiger partial charge in [-0.05, 0) is 47.9 Å². The van der Waals surface area contributed by atoms with E-state index in [1.165, 1.54) is 12.1 Å². The number of hydrogen-bond acceptors (Lipinski definition) is 1. The van der Waals surface area contributed by atoms with Crippen LogP contribution in [0.25, 0.3) is 0 Å². The first-order valence-corrected chi connectivity index (χ1v) is 6.95. The molecule has 0 fully saturated rings. The quantitative estimate of drug-likeness (QED) is 0.753. The number of benzene rings is 2. The molecule has 0 aliphatic carbocycles. The van der Waals surface area contributed by atoms with Gasteiger partial charge in [0, 0.05) is 10.2 Å². The Balaban J connectivity index is 1.87. The van der Waals surface area contributed by atoms with E-state index in [0.717, 1.165) is 21.8 Å². The highest BCUT2D eigenvalue weighted by molar-refractivity contribution is 9.10. The maximum atomic E-state index is 12.7. The molecular formula is C15H11BrF3N.